The molecular weight excluding hydrogens is 376 g/mol. The Bertz CT molecular complexity index is 827. The molecule has 1 saturated heterocycles. The van der Waals surface area contributed by atoms with Gasteiger partial charge in [-0.3, -0.25) is 14.5 Å². The number of amides is 2. The second-order valence-electron chi connectivity index (χ2n) is 9.85. The van der Waals surface area contributed by atoms with Crippen LogP contribution in [0.25, 0.3) is 0 Å². The Morgan fingerprint density at radius 3 is 2.87 bits per heavy atom. The molecule has 0 aromatic heterocycles. The van der Waals surface area contributed by atoms with Crippen LogP contribution in [0, 0.1) is 17.8 Å². The van der Waals surface area contributed by atoms with E-state index < -0.39 is 5.66 Å². The van der Waals surface area contributed by atoms with Crippen LogP contribution in [0.2, 0.25) is 0 Å². The zero-order chi connectivity index (χ0) is 20.7. The lowest BCUT2D eigenvalue weighted by Gasteiger charge is -2.56. The molecule has 162 valence electrons. The number of hydrogen-bond acceptors (Lipinski definition) is 4. The molecule has 3 N–H and O–H groups in total. The predicted molar refractivity (Wildman–Crippen MR) is 117 cm³/mol. The first-order valence-electron chi connectivity index (χ1n) is 11.8. The number of likely N-dealkylation sites (tertiary alicyclic amines) is 1. The van der Waals surface area contributed by atoms with Crippen molar-refractivity contribution in [1.29, 1.82) is 0 Å². The third-order valence-corrected chi connectivity index (χ3v) is 8.12. The summed E-state index contributed by atoms with van der Waals surface area (Å²) in [4.78, 5) is 28.2. The van der Waals surface area contributed by atoms with E-state index >= 15 is 0 Å². The fourth-order valence-corrected chi connectivity index (χ4v) is 6.41. The molecule has 2 amide bonds. The lowest BCUT2D eigenvalue weighted by atomic mass is 9.58. The standard InChI is InChI=1S/C24H34N4O2/c1-16-6-4-5-12-28(16)13-11-25-22(29)20-14-18-10-9-17(20)15-24(18)26-21-8-3-2-7-19(21)23(30)27-24/h2-3,7-8,16-18,20,26H,4-6,9-15H2,1H3,(H,25,29)(H,27,30)/t16?,17?,18?,20?,24-/m1/s1. The molecule has 0 radical (unpaired) electrons. The van der Waals surface area contributed by atoms with E-state index in [-0.39, 0.29) is 23.7 Å². The van der Waals surface area contributed by atoms with Gasteiger partial charge < -0.3 is 16.0 Å². The molecule has 3 saturated carbocycles. The molecule has 4 unspecified atom stereocenters. The summed E-state index contributed by atoms with van der Waals surface area (Å²) in [6.07, 6.45) is 7.69. The van der Waals surface area contributed by atoms with Crippen molar-refractivity contribution < 1.29 is 9.59 Å². The van der Waals surface area contributed by atoms with Crippen LogP contribution in [0.5, 0.6) is 0 Å². The average Bonchev–Trinajstić information content (AvgIpc) is 2.75. The smallest absolute Gasteiger partial charge is 0.255 e. The second kappa shape index (κ2) is 7.88. The maximum absolute atomic E-state index is 13.0. The van der Waals surface area contributed by atoms with Gasteiger partial charge in [0.05, 0.1) is 5.56 Å². The molecule has 5 aliphatic rings. The second-order valence-corrected chi connectivity index (χ2v) is 9.85. The minimum absolute atomic E-state index is 0.00792. The number of carbonyl (C=O) groups excluding carboxylic acids is 2. The van der Waals surface area contributed by atoms with Crippen molar-refractivity contribution in [2.45, 2.75) is 63.6 Å². The average molecular weight is 411 g/mol. The SMILES string of the molecule is CC1CCCCN1CCNC(=O)C1CC2CCC1C[C@@]21NC(=O)c2ccccc2N1. The van der Waals surface area contributed by atoms with Crippen molar-refractivity contribution in [3.05, 3.63) is 29.8 Å². The van der Waals surface area contributed by atoms with Gasteiger partial charge in [-0.1, -0.05) is 18.6 Å². The highest BCUT2D eigenvalue weighted by atomic mass is 16.2. The number of rotatable bonds is 4. The van der Waals surface area contributed by atoms with Crippen LogP contribution < -0.4 is 16.0 Å². The first kappa shape index (κ1) is 19.9. The highest BCUT2D eigenvalue weighted by molar-refractivity contribution is 6.02. The van der Waals surface area contributed by atoms with Gasteiger partial charge in [0, 0.05) is 36.7 Å². The summed E-state index contributed by atoms with van der Waals surface area (Å²) in [5, 5.41) is 10.2. The van der Waals surface area contributed by atoms with E-state index in [0.717, 1.165) is 51.0 Å². The van der Waals surface area contributed by atoms with Crippen LogP contribution in [0.3, 0.4) is 0 Å². The first-order valence-corrected chi connectivity index (χ1v) is 11.8. The fraction of sp³-hybridized carbons (Fsp3) is 0.667. The molecule has 2 bridgehead atoms. The molecule has 30 heavy (non-hydrogen) atoms. The van der Waals surface area contributed by atoms with E-state index in [1.165, 1.54) is 19.3 Å². The van der Waals surface area contributed by atoms with E-state index in [1.807, 2.05) is 24.3 Å². The Hall–Kier alpha value is -2.08. The van der Waals surface area contributed by atoms with Gasteiger partial charge in [-0.05, 0) is 70.0 Å². The van der Waals surface area contributed by atoms with Crippen molar-refractivity contribution >= 4 is 17.5 Å². The molecule has 6 nitrogen and oxygen atoms in total. The zero-order valence-corrected chi connectivity index (χ0v) is 18.0. The van der Waals surface area contributed by atoms with Crippen molar-refractivity contribution in [3.63, 3.8) is 0 Å². The molecule has 3 aliphatic carbocycles. The summed E-state index contributed by atoms with van der Waals surface area (Å²) in [6, 6.07) is 8.36. The molecule has 1 aromatic carbocycles. The van der Waals surface area contributed by atoms with E-state index in [0.29, 0.717) is 17.5 Å². The third kappa shape index (κ3) is 3.49. The minimum atomic E-state index is -0.394. The molecule has 2 heterocycles. The molecule has 6 rings (SSSR count). The van der Waals surface area contributed by atoms with Crippen LogP contribution in [0.1, 0.15) is 62.2 Å². The molecule has 1 spiro atoms. The maximum Gasteiger partial charge on any atom is 0.255 e. The topological polar surface area (TPSA) is 73.5 Å². The van der Waals surface area contributed by atoms with Gasteiger partial charge in [-0.25, -0.2) is 0 Å². The van der Waals surface area contributed by atoms with Gasteiger partial charge in [0.2, 0.25) is 5.91 Å². The third-order valence-electron chi connectivity index (χ3n) is 8.12. The van der Waals surface area contributed by atoms with Gasteiger partial charge in [0.25, 0.3) is 5.91 Å². The van der Waals surface area contributed by atoms with Crippen LogP contribution in [0.15, 0.2) is 24.3 Å². The Morgan fingerprint density at radius 2 is 2.07 bits per heavy atom. The molecule has 1 aromatic rings. The largest absolute Gasteiger partial charge is 0.362 e. The van der Waals surface area contributed by atoms with Gasteiger partial charge in [0.1, 0.15) is 5.66 Å². The van der Waals surface area contributed by atoms with Gasteiger partial charge in [-0.15, -0.1) is 0 Å². The Balaban J connectivity index is 1.21. The van der Waals surface area contributed by atoms with Crippen molar-refractivity contribution in [1.82, 2.24) is 15.5 Å². The minimum Gasteiger partial charge on any atom is -0.362 e. The highest BCUT2D eigenvalue weighted by Gasteiger charge is 2.55. The summed E-state index contributed by atoms with van der Waals surface area (Å²) >= 11 is 0. The van der Waals surface area contributed by atoms with E-state index in [1.54, 1.807) is 0 Å². The maximum atomic E-state index is 13.0. The van der Waals surface area contributed by atoms with Crippen LogP contribution in [-0.4, -0.2) is 48.1 Å². The number of hydrogen-bond donors (Lipinski definition) is 3. The number of nitrogens with one attached hydrogen (secondary N) is 3. The fourth-order valence-electron chi connectivity index (χ4n) is 6.41. The Kier molecular flexibility index (Phi) is 5.21. The van der Waals surface area contributed by atoms with E-state index in [2.05, 4.69) is 27.8 Å². The number of piperidine rings is 1. The summed E-state index contributed by atoms with van der Waals surface area (Å²) in [5.74, 6) is 0.906. The Labute approximate surface area is 179 Å². The summed E-state index contributed by atoms with van der Waals surface area (Å²) in [5.41, 5.74) is 1.24. The normalized spacial score (nSPS) is 35.4. The van der Waals surface area contributed by atoms with Crippen molar-refractivity contribution in [2.24, 2.45) is 17.8 Å². The van der Waals surface area contributed by atoms with Gasteiger partial charge in [-0.2, -0.15) is 0 Å². The van der Waals surface area contributed by atoms with Crippen LogP contribution in [-0.2, 0) is 4.79 Å². The molecular formula is C24H34N4O2. The van der Waals surface area contributed by atoms with Crippen molar-refractivity contribution in [3.8, 4) is 0 Å². The predicted octanol–water partition coefficient (Wildman–Crippen LogP) is 2.96. The molecule has 2 aliphatic heterocycles. The van der Waals surface area contributed by atoms with Crippen molar-refractivity contribution in [2.75, 3.05) is 25.0 Å². The van der Waals surface area contributed by atoms with Gasteiger partial charge >= 0.3 is 0 Å². The van der Waals surface area contributed by atoms with E-state index in [9.17, 15) is 9.59 Å². The number of anilines is 1. The number of para-hydroxylation sites is 1. The molecule has 4 fully saturated rings. The number of benzene rings is 1. The highest BCUT2D eigenvalue weighted by Crippen LogP contribution is 2.51. The number of nitrogens with zero attached hydrogens (tertiary/aromatic N) is 1. The zero-order valence-electron chi connectivity index (χ0n) is 18.0. The lowest BCUT2D eigenvalue weighted by Crippen LogP contribution is -2.68. The lowest BCUT2D eigenvalue weighted by molar-refractivity contribution is -0.132. The molecule has 6 heteroatoms. The monoisotopic (exact) mass is 410 g/mol. The van der Waals surface area contributed by atoms with Crippen LogP contribution >= 0.6 is 0 Å². The van der Waals surface area contributed by atoms with E-state index in [4.69, 9.17) is 0 Å². The quantitative estimate of drug-likeness (QED) is 0.714. The van der Waals surface area contributed by atoms with Crippen LogP contribution in [0.4, 0.5) is 5.69 Å². The van der Waals surface area contributed by atoms with Gasteiger partial charge in [0.15, 0.2) is 0 Å². The first-order chi connectivity index (χ1) is 14.6. The summed E-state index contributed by atoms with van der Waals surface area (Å²) < 4.78 is 0. The summed E-state index contributed by atoms with van der Waals surface area (Å²) in [7, 11) is 0. The number of carbonyl (C=O) groups is 2. The number of fused-ring (bicyclic) bond motifs is 3. The molecule has 5 atom stereocenters. The summed E-state index contributed by atoms with van der Waals surface area (Å²) in [6.45, 7) is 5.14. The Morgan fingerprint density at radius 1 is 1.20 bits per heavy atom.